The molecular formula is C12H15FN2O3. The van der Waals surface area contributed by atoms with E-state index >= 15 is 0 Å². The maximum absolute atomic E-state index is 13.8. The number of carboxylic acid groups (broad SMARTS) is 1. The second-order valence-electron chi connectivity index (χ2n) is 4.42. The highest BCUT2D eigenvalue weighted by molar-refractivity contribution is 5.88. The van der Waals surface area contributed by atoms with Crippen LogP contribution in [0.1, 0.15) is 29.6 Å². The van der Waals surface area contributed by atoms with Crippen LogP contribution in [-0.4, -0.2) is 35.3 Å². The lowest BCUT2D eigenvalue weighted by atomic mass is 9.80. The summed E-state index contributed by atoms with van der Waals surface area (Å²) >= 11 is 0. The minimum atomic E-state index is -1.30. The molecule has 0 amide bonds. The zero-order chi connectivity index (χ0) is 13.2. The summed E-state index contributed by atoms with van der Waals surface area (Å²) in [6.45, 7) is 0.427. The number of aromatic nitrogens is 1. The average Bonchev–Trinajstić information content (AvgIpc) is 2.29. The standard InChI is InChI=1S/C12H15FN2O3/c1-18-12(4-2-5-12)7-15-10-9(13)8(11(16)17)3-6-14-10/h3,6H,2,4-5,7H2,1H3,(H,14,15)(H,16,17). The lowest BCUT2D eigenvalue weighted by molar-refractivity contribution is -0.0602. The van der Waals surface area contributed by atoms with Gasteiger partial charge in [0.05, 0.1) is 5.60 Å². The first-order valence-electron chi connectivity index (χ1n) is 5.75. The Hall–Kier alpha value is -1.69. The molecule has 0 radical (unpaired) electrons. The van der Waals surface area contributed by atoms with E-state index in [4.69, 9.17) is 9.84 Å². The molecule has 0 spiro atoms. The van der Waals surface area contributed by atoms with E-state index in [0.717, 1.165) is 25.3 Å². The summed E-state index contributed by atoms with van der Waals surface area (Å²) in [5.41, 5.74) is -0.652. The van der Waals surface area contributed by atoms with Crippen molar-refractivity contribution in [3.8, 4) is 0 Å². The summed E-state index contributed by atoms with van der Waals surface area (Å²) in [5.74, 6) is -2.18. The summed E-state index contributed by atoms with van der Waals surface area (Å²) in [6, 6.07) is 1.14. The summed E-state index contributed by atoms with van der Waals surface area (Å²) in [7, 11) is 1.62. The van der Waals surface area contributed by atoms with Crippen molar-refractivity contribution in [1.29, 1.82) is 0 Å². The molecule has 2 rings (SSSR count). The zero-order valence-corrected chi connectivity index (χ0v) is 10.1. The van der Waals surface area contributed by atoms with E-state index in [1.165, 1.54) is 6.20 Å². The van der Waals surface area contributed by atoms with Gasteiger partial charge in [-0.3, -0.25) is 0 Å². The van der Waals surface area contributed by atoms with Crippen molar-refractivity contribution in [1.82, 2.24) is 4.98 Å². The molecule has 6 heteroatoms. The predicted molar refractivity (Wildman–Crippen MR) is 63.2 cm³/mol. The van der Waals surface area contributed by atoms with Gasteiger partial charge in [-0.25, -0.2) is 14.2 Å². The van der Waals surface area contributed by atoms with Crippen molar-refractivity contribution in [3.05, 3.63) is 23.6 Å². The number of anilines is 1. The normalized spacial score (nSPS) is 17.0. The molecule has 1 aromatic heterocycles. The molecule has 18 heavy (non-hydrogen) atoms. The first-order valence-corrected chi connectivity index (χ1v) is 5.75. The number of pyridine rings is 1. The van der Waals surface area contributed by atoms with Crippen LogP contribution in [-0.2, 0) is 4.74 Å². The van der Waals surface area contributed by atoms with Crippen LogP contribution < -0.4 is 5.32 Å². The number of nitrogens with zero attached hydrogens (tertiary/aromatic N) is 1. The van der Waals surface area contributed by atoms with Gasteiger partial charge >= 0.3 is 5.97 Å². The number of carbonyl (C=O) groups is 1. The molecule has 0 unspecified atom stereocenters. The van der Waals surface area contributed by atoms with E-state index in [-0.39, 0.29) is 17.0 Å². The van der Waals surface area contributed by atoms with Gasteiger partial charge in [0.2, 0.25) is 0 Å². The lowest BCUT2D eigenvalue weighted by Gasteiger charge is -2.40. The third kappa shape index (κ3) is 2.28. The number of ether oxygens (including phenoxy) is 1. The van der Waals surface area contributed by atoms with Crippen LogP contribution in [0.4, 0.5) is 10.2 Å². The minimum Gasteiger partial charge on any atom is -0.478 e. The molecule has 0 aromatic carbocycles. The van der Waals surface area contributed by atoms with E-state index in [9.17, 15) is 9.18 Å². The van der Waals surface area contributed by atoms with Crippen LogP contribution in [0.3, 0.4) is 0 Å². The van der Waals surface area contributed by atoms with Crippen molar-refractivity contribution in [2.75, 3.05) is 19.0 Å². The Morgan fingerprint density at radius 2 is 2.39 bits per heavy atom. The predicted octanol–water partition coefficient (Wildman–Crippen LogP) is 1.90. The first kappa shape index (κ1) is 12.8. The number of hydrogen-bond donors (Lipinski definition) is 2. The summed E-state index contributed by atoms with van der Waals surface area (Å²) in [6.07, 6.45) is 4.18. The van der Waals surface area contributed by atoms with Crippen molar-refractivity contribution < 1.29 is 19.0 Å². The Morgan fingerprint density at radius 3 is 2.89 bits per heavy atom. The molecule has 0 bridgehead atoms. The summed E-state index contributed by atoms with van der Waals surface area (Å²) < 4.78 is 19.2. The molecule has 0 atom stereocenters. The molecular weight excluding hydrogens is 239 g/mol. The van der Waals surface area contributed by atoms with Gasteiger partial charge in [0, 0.05) is 19.9 Å². The molecule has 1 fully saturated rings. The van der Waals surface area contributed by atoms with Gasteiger partial charge in [-0.2, -0.15) is 0 Å². The van der Waals surface area contributed by atoms with Gasteiger partial charge in [-0.15, -0.1) is 0 Å². The maximum atomic E-state index is 13.8. The molecule has 1 aliphatic rings. The average molecular weight is 254 g/mol. The SMILES string of the molecule is COC1(CNc2nccc(C(=O)O)c2F)CCC1. The van der Waals surface area contributed by atoms with Crippen LogP contribution in [0.5, 0.6) is 0 Å². The molecule has 2 N–H and O–H groups in total. The maximum Gasteiger partial charge on any atom is 0.338 e. The van der Waals surface area contributed by atoms with Crippen molar-refractivity contribution in [2.24, 2.45) is 0 Å². The molecule has 1 heterocycles. The minimum absolute atomic E-state index is 0.0433. The zero-order valence-electron chi connectivity index (χ0n) is 10.1. The van der Waals surface area contributed by atoms with Crippen LogP contribution >= 0.6 is 0 Å². The third-order valence-corrected chi connectivity index (χ3v) is 3.40. The van der Waals surface area contributed by atoms with Crippen LogP contribution in [0.15, 0.2) is 12.3 Å². The molecule has 0 aliphatic heterocycles. The van der Waals surface area contributed by atoms with Crippen molar-refractivity contribution >= 4 is 11.8 Å². The molecule has 1 saturated carbocycles. The number of hydrogen-bond acceptors (Lipinski definition) is 4. The highest BCUT2D eigenvalue weighted by atomic mass is 19.1. The smallest absolute Gasteiger partial charge is 0.338 e. The Balaban J connectivity index is 2.10. The van der Waals surface area contributed by atoms with Gasteiger partial charge in [0.25, 0.3) is 0 Å². The number of aromatic carboxylic acids is 1. The fourth-order valence-electron chi connectivity index (χ4n) is 2.00. The quantitative estimate of drug-likeness (QED) is 0.839. The van der Waals surface area contributed by atoms with Gasteiger partial charge in [-0.1, -0.05) is 0 Å². The highest BCUT2D eigenvalue weighted by Gasteiger charge is 2.37. The first-order chi connectivity index (χ1) is 8.58. The molecule has 5 nitrogen and oxygen atoms in total. The van der Waals surface area contributed by atoms with Gasteiger partial charge in [0.15, 0.2) is 11.6 Å². The second-order valence-corrected chi connectivity index (χ2v) is 4.42. The fraction of sp³-hybridized carbons (Fsp3) is 0.500. The second kappa shape index (κ2) is 4.89. The van der Waals surface area contributed by atoms with Crippen molar-refractivity contribution in [2.45, 2.75) is 24.9 Å². The van der Waals surface area contributed by atoms with Gasteiger partial charge < -0.3 is 15.2 Å². The largest absolute Gasteiger partial charge is 0.478 e. The Bertz CT molecular complexity index is 455. The molecule has 98 valence electrons. The topological polar surface area (TPSA) is 71.5 Å². The monoisotopic (exact) mass is 254 g/mol. The number of carboxylic acids is 1. The Labute approximate surface area is 104 Å². The van der Waals surface area contributed by atoms with E-state index in [2.05, 4.69) is 10.3 Å². The third-order valence-electron chi connectivity index (χ3n) is 3.40. The number of methoxy groups -OCH3 is 1. The van der Waals surface area contributed by atoms with Gasteiger partial charge in [-0.05, 0) is 25.3 Å². The van der Waals surface area contributed by atoms with E-state index in [1.807, 2.05) is 0 Å². The fourth-order valence-corrected chi connectivity index (χ4v) is 2.00. The van der Waals surface area contributed by atoms with Crippen LogP contribution in [0.25, 0.3) is 0 Å². The Morgan fingerprint density at radius 1 is 1.67 bits per heavy atom. The van der Waals surface area contributed by atoms with E-state index < -0.39 is 11.8 Å². The highest BCUT2D eigenvalue weighted by Crippen LogP contribution is 2.35. The van der Waals surface area contributed by atoms with Crippen LogP contribution in [0.2, 0.25) is 0 Å². The van der Waals surface area contributed by atoms with E-state index in [0.29, 0.717) is 6.54 Å². The summed E-state index contributed by atoms with van der Waals surface area (Å²) in [5, 5.41) is 11.6. The number of rotatable bonds is 5. The lowest BCUT2D eigenvalue weighted by Crippen LogP contribution is -2.45. The number of halogens is 1. The Kier molecular flexibility index (Phi) is 3.47. The van der Waals surface area contributed by atoms with Crippen LogP contribution in [0, 0.1) is 5.82 Å². The molecule has 0 saturated heterocycles. The number of nitrogens with one attached hydrogen (secondary N) is 1. The molecule has 1 aromatic rings. The molecule has 1 aliphatic carbocycles. The van der Waals surface area contributed by atoms with E-state index in [1.54, 1.807) is 7.11 Å². The van der Waals surface area contributed by atoms with Crippen molar-refractivity contribution in [3.63, 3.8) is 0 Å². The summed E-state index contributed by atoms with van der Waals surface area (Å²) in [4.78, 5) is 14.6. The van der Waals surface area contributed by atoms with Gasteiger partial charge in [0.1, 0.15) is 5.56 Å².